The van der Waals surface area contributed by atoms with Gasteiger partial charge in [-0.05, 0) is 37.1 Å². The highest BCUT2D eigenvalue weighted by molar-refractivity contribution is 5.88. The molecule has 0 saturated carbocycles. The van der Waals surface area contributed by atoms with Gasteiger partial charge in [0.2, 0.25) is 0 Å². The van der Waals surface area contributed by atoms with Gasteiger partial charge in [-0.3, -0.25) is 0 Å². The number of rotatable bonds is 6. The molecule has 0 aliphatic rings. The lowest BCUT2D eigenvalue weighted by Gasteiger charge is -2.31. The Balaban J connectivity index is 3.01. The Morgan fingerprint density at radius 2 is 1.94 bits per heavy atom. The normalized spacial score (nSPS) is 11.3. The van der Waals surface area contributed by atoms with Crippen LogP contribution in [-0.4, -0.2) is 40.0 Å². The number of aryl methyl sites for hydroxylation is 1. The fourth-order valence-electron chi connectivity index (χ4n) is 1.66. The summed E-state index contributed by atoms with van der Waals surface area (Å²) in [6.07, 6.45) is 0.556. The predicted molar refractivity (Wildman–Crippen MR) is 69.0 cm³/mol. The minimum Gasteiger partial charge on any atom is -0.478 e. The molecule has 1 aromatic rings. The quantitative estimate of drug-likeness (QED) is 0.612. The average Bonchev–Trinajstić information content (AvgIpc) is 2.38. The number of hydrogen-bond donors (Lipinski definition) is 4. The van der Waals surface area contributed by atoms with Crippen LogP contribution < -0.4 is 5.32 Å². The lowest BCUT2D eigenvalue weighted by atomic mass is 9.97. The second kappa shape index (κ2) is 5.84. The van der Waals surface area contributed by atoms with Crippen LogP contribution in [0.2, 0.25) is 0 Å². The first-order valence-electron chi connectivity index (χ1n) is 5.82. The van der Waals surface area contributed by atoms with Gasteiger partial charge in [0.05, 0.1) is 24.3 Å². The van der Waals surface area contributed by atoms with Crippen LogP contribution in [0, 0.1) is 6.92 Å². The Morgan fingerprint density at radius 3 is 2.33 bits per heavy atom. The number of hydrogen-bond acceptors (Lipinski definition) is 4. The minimum atomic E-state index is -0.976. The molecule has 0 fully saturated rings. The number of aliphatic hydroxyl groups excluding tert-OH is 2. The van der Waals surface area contributed by atoms with Crippen LogP contribution in [0.25, 0.3) is 0 Å². The molecule has 0 aromatic heterocycles. The van der Waals surface area contributed by atoms with Gasteiger partial charge >= 0.3 is 5.97 Å². The van der Waals surface area contributed by atoms with E-state index in [-0.39, 0.29) is 18.8 Å². The molecule has 0 atom stereocenters. The molecule has 100 valence electrons. The van der Waals surface area contributed by atoms with Crippen LogP contribution in [0.4, 0.5) is 5.69 Å². The zero-order valence-electron chi connectivity index (χ0n) is 10.6. The van der Waals surface area contributed by atoms with Gasteiger partial charge in [-0.1, -0.05) is 6.92 Å². The SMILES string of the molecule is CCC(CO)(CO)Nc1ccc(C(=O)O)cc1C. The smallest absolute Gasteiger partial charge is 0.335 e. The molecule has 0 amide bonds. The maximum Gasteiger partial charge on any atom is 0.335 e. The Hall–Kier alpha value is -1.59. The van der Waals surface area contributed by atoms with E-state index in [9.17, 15) is 15.0 Å². The third-order valence-electron chi connectivity index (χ3n) is 3.16. The molecule has 0 spiro atoms. The molecule has 1 rings (SSSR count). The van der Waals surface area contributed by atoms with Crippen molar-refractivity contribution in [2.75, 3.05) is 18.5 Å². The highest BCUT2D eigenvalue weighted by atomic mass is 16.4. The fourth-order valence-corrected chi connectivity index (χ4v) is 1.66. The third-order valence-corrected chi connectivity index (χ3v) is 3.16. The predicted octanol–water partition coefficient (Wildman–Crippen LogP) is 1.24. The number of anilines is 1. The van der Waals surface area contributed by atoms with E-state index in [1.165, 1.54) is 6.07 Å². The molecule has 1 aromatic carbocycles. The van der Waals surface area contributed by atoms with Gasteiger partial charge in [-0.15, -0.1) is 0 Å². The maximum absolute atomic E-state index is 10.8. The largest absolute Gasteiger partial charge is 0.478 e. The molecule has 0 radical (unpaired) electrons. The number of benzene rings is 1. The topological polar surface area (TPSA) is 89.8 Å². The van der Waals surface area contributed by atoms with Crippen LogP contribution in [0.1, 0.15) is 29.3 Å². The highest BCUT2D eigenvalue weighted by Gasteiger charge is 2.26. The molecule has 0 aliphatic carbocycles. The van der Waals surface area contributed by atoms with E-state index in [2.05, 4.69) is 5.32 Å². The van der Waals surface area contributed by atoms with Crippen molar-refractivity contribution in [2.24, 2.45) is 0 Å². The Labute approximate surface area is 106 Å². The molecule has 5 nitrogen and oxygen atoms in total. The van der Waals surface area contributed by atoms with Crippen molar-refractivity contribution < 1.29 is 20.1 Å². The Kier molecular flexibility index (Phi) is 4.69. The van der Waals surface area contributed by atoms with Gasteiger partial charge in [-0.2, -0.15) is 0 Å². The first-order valence-corrected chi connectivity index (χ1v) is 5.82. The zero-order valence-corrected chi connectivity index (χ0v) is 10.6. The monoisotopic (exact) mass is 253 g/mol. The van der Waals surface area contributed by atoms with E-state index < -0.39 is 11.5 Å². The summed E-state index contributed by atoms with van der Waals surface area (Å²) in [4.78, 5) is 10.8. The van der Waals surface area contributed by atoms with Gasteiger partial charge in [0.15, 0.2) is 0 Å². The van der Waals surface area contributed by atoms with Crippen molar-refractivity contribution in [3.05, 3.63) is 29.3 Å². The second-order valence-corrected chi connectivity index (χ2v) is 4.41. The highest BCUT2D eigenvalue weighted by Crippen LogP contribution is 2.22. The van der Waals surface area contributed by atoms with Gasteiger partial charge < -0.3 is 20.6 Å². The molecule has 0 aliphatic heterocycles. The molecule has 5 heteroatoms. The van der Waals surface area contributed by atoms with E-state index in [1.54, 1.807) is 19.1 Å². The van der Waals surface area contributed by atoms with E-state index in [0.29, 0.717) is 12.1 Å². The van der Waals surface area contributed by atoms with Gasteiger partial charge in [0.1, 0.15) is 0 Å². The average molecular weight is 253 g/mol. The van der Waals surface area contributed by atoms with Gasteiger partial charge in [-0.25, -0.2) is 4.79 Å². The summed E-state index contributed by atoms with van der Waals surface area (Å²) >= 11 is 0. The number of aliphatic hydroxyl groups is 2. The van der Waals surface area contributed by atoms with Crippen molar-refractivity contribution >= 4 is 11.7 Å². The number of carboxylic acid groups (broad SMARTS) is 1. The van der Waals surface area contributed by atoms with Crippen LogP contribution in [0.15, 0.2) is 18.2 Å². The molecular weight excluding hydrogens is 234 g/mol. The fraction of sp³-hybridized carbons (Fsp3) is 0.462. The molecule has 0 saturated heterocycles. The van der Waals surface area contributed by atoms with Crippen LogP contribution in [0.3, 0.4) is 0 Å². The van der Waals surface area contributed by atoms with Crippen LogP contribution in [0.5, 0.6) is 0 Å². The molecular formula is C13H19NO4. The molecule has 4 N–H and O–H groups in total. The Morgan fingerprint density at radius 1 is 1.33 bits per heavy atom. The number of aromatic carboxylic acids is 1. The number of carbonyl (C=O) groups is 1. The van der Waals surface area contributed by atoms with E-state index in [4.69, 9.17) is 5.11 Å². The number of carboxylic acids is 1. The standard InChI is InChI=1S/C13H19NO4/c1-3-13(7-15,8-16)14-11-5-4-10(12(17)18)6-9(11)2/h4-6,14-16H,3,7-8H2,1-2H3,(H,17,18). The van der Waals surface area contributed by atoms with Crippen molar-refractivity contribution in [1.82, 2.24) is 0 Å². The minimum absolute atomic E-state index is 0.194. The molecule has 18 heavy (non-hydrogen) atoms. The van der Waals surface area contributed by atoms with Crippen molar-refractivity contribution in [1.29, 1.82) is 0 Å². The van der Waals surface area contributed by atoms with Gasteiger partial charge in [0, 0.05) is 5.69 Å². The summed E-state index contributed by atoms with van der Waals surface area (Å²) in [6, 6.07) is 4.70. The molecule has 0 unspecified atom stereocenters. The van der Waals surface area contributed by atoms with Crippen molar-refractivity contribution in [2.45, 2.75) is 25.8 Å². The third kappa shape index (κ3) is 3.00. The van der Waals surface area contributed by atoms with Gasteiger partial charge in [0.25, 0.3) is 0 Å². The molecule has 0 bridgehead atoms. The summed E-state index contributed by atoms with van der Waals surface area (Å²) in [6.45, 7) is 3.25. The Bertz CT molecular complexity index is 419. The summed E-state index contributed by atoms with van der Waals surface area (Å²) < 4.78 is 0. The first-order chi connectivity index (χ1) is 8.48. The van der Waals surface area contributed by atoms with Crippen LogP contribution >= 0.6 is 0 Å². The first kappa shape index (κ1) is 14.5. The maximum atomic E-state index is 10.8. The van der Waals surface area contributed by atoms with E-state index in [0.717, 1.165) is 5.56 Å². The second-order valence-electron chi connectivity index (χ2n) is 4.41. The van der Waals surface area contributed by atoms with E-state index >= 15 is 0 Å². The van der Waals surface area contributed by atoms with Crippen LogP contribution in [-0.2, 0) is 0 Å². The summed E-state index contributed by atoms with van der Waals surface area (Å²) in [5.74, 6) is -0.976. The number of nitrogens with one attached hydrogen (secondary N) is 1. The summed E-state index contributed by atoms with van der Waals surface area (Å²) in [5.41, 5.74) is 0.905. The van der Waals surface area contributed by atoms with Crippen molar-refractivity contribution in [3.8, 4) is 0 Å². The van der Waals surface area contributed by atoms with Crippen molar-refractivity contribution in [3.63, 3.8) is 0 Å². The van der Waals surface area contributed by atoms with E-state index in [1.807, 2.05) is 6.92 Å². The molecule has 0 heterocycles. The zero-order chi connectivity index (χ0) is 13.8. The summed E-state index contributed by atoms with van der Waals surface area (Å²) in [5, 5.41) is 30.7. The lowest BCUT2D eigenvalue weighted by molar-refractivity contribution is 0.0696. The lowest BCUT2D eigenvalue weighted by Crippen LogP contribution is -2.45. The summed E-state index contributed by atoms with van der Waals surface area (Å²) in [7, 11) is 0.